The second-order valence-corrected chi connectivity index (χ2v) is 4.78. The topological polar surface area (TPSA) is 58.7 Å². The van der Waals surface area contributed by atoms with Crippen LogP contribution >= 0.6 is 15.9 Å². The highest BCUT2D eigenvalue weighted by Crippen LogP contribution is 2.31. The van der Waals surface area contributed by atoms with Crippen molar-refractivity contribution < 1.29 is 14.2 Å². The number of aliphatic hydroxyl groups excluding tert-OH is 1. The maximum atomic E-state index is 13.3. The predicted octanol–water partition coefficient (Wildman–Crippen LogP) is 1.37. The Labute approximate surface area is 107 Å². The van der Waals surface area contributed by atoms with Gasteiger partial charge in [0.15, 0.2) is 0 Å². The zero-order valence-corrected chi connectivity index (χ0v) is 10.8. The normalized spacial score (nSPS) is 20.6. The van der Waals surface area contributed by atoms with Gasteiger partial charge in [0.05, 0.1) is 41.7 Å². The van der Waals surface area contributed by atoms with Crippen LogP contribution in [0.1, 0.15) is 0 Å². The number of nitrogens with zero attached hydrogens (tertiary/aromatic N) is 1. The first-order valence-corrected chi connectivity index (χ1v) is 6.12. The largest absolute Gasteiger partial charge is 0.397 e. The van der Waals surface area contributed by atoms with Crippen LogP contribution in [-0.2, 0) is 4.74 Å². The summed E-state index contributed by atoms with van der Waals surface area (Å²) in [6.07, 6.45) is 0. The summed E-state index contributed by atoms with van der Waals surface area (Å²) in [6, 6.07) is 2.78. The van der Waals surface area contributed by atoms with Crippen LogP contribution in [0.15, 0.2) is 16.6 Å². The second kappa shape index (κ2) is 5.20. The number of morpholine rings is 1. The fourth-order valence-corrected chi connectivity index (χ4v) is 2.25. The van der Waals surface area contributed by atoms with Gasteiger partial charge in [-0.1, -0.05) is 0 Å². The molecule has 1 fully saturated rings. The van der Waals surface area contributed by atoms with E-state index < -0.39 is 0 Å². The minimum atomic E-state index is -0.389. The summed E-state index contributed by atoms with van der Waals surface area (Å²) in [7, 11) is 0. The van der Waals surface area contributed by atoms with E-state index in [1.807, 2.05) is 4.90 Å². The van der Waals surface area contributed by atoms with E-state index >= 15 is 0 Å². The van der Waals surface area contributed by atoms with E-state index in [0.717, 1.165) is 5.69 Å². The lowest BCUT2D eigenvalue weighted by Gasteiger charge is -2.37. The summed E-state index contributed by atoms with van der Waals surface area (Å²) in [6.45, 7) is 1.64. The molecule has 0 aromatic heterocycles. The summed E-state index contributed by atoms with van der Waals surface area (Å²) in [5.74, 6) is -0.389. The summed E-state index contributed by atoms with van der Waals surface area (Å²) in [5.41, 5.74) is 6.90. The van der Waals surface area contributed by atoms with Crippen LogP contribution in [0.5, 0.6) is 0 Å². The van der Waals surface area contributed by atoms with E-state index in [1.165, 1.54) is 6.07 Å². The van der Waals surface area contributed by atoms with Gasteiger partial charge in [-0.05, 0) is 22.0 Å². The van der Waals surface area contributed by atoms with Crippen LogP contribution in [0, 0.1) is 5.82 Å². The Balaban J connectivity index is 2.34. The lowest BCUT2D eigenvalue weighted by atomic mass is 10.1. The molecule has 1 atom stereocenters. The fourth-order valence-electron chi connectivity index (χ4n) is 1.92. The fraction of sp³-hybridized carbons (Fsp3) is 0.455. The summed E-state index contributed by atoms with van der Waals surface area (Å²) in [4.78, 5) is 1.95. The molecule has 0 saturated carbocycles. The molecule has 17 heavy (non-hydrogen) atoms. The van der Waals surface area contributed by atoms with Crippen LogP contribution in [-0.4, -0.2) is 37.5 Å². The highest BCUT2D eigenvalue weighted by Gasteiger charge is 2.24. The molecule has 1 aromatic rings. The minimum Gasteiger partial charge on any atom is -0.397 e. The molecule has 1 saturated heterocycles. The van der Waals surface area contributed by atoms with Crippen LogP contribution in [0.4, 0.5) is 15.8 Å². The lowest BCUT2D eigenvalue weighted by Crippen LogP contribution is -2.48. The van der Waals surface area contributed by atoms with Gasteiger partial charge in [0.1, 0.15) is 5.82 Å². The van der Waals surface area contributed by atoms with E-state index in [0.29, 0.717) is 29.9 Å². The highest BCUT2D eigenvalue weighted by molar-refractivity contribution is 9.10. The standard InChI is InChI=1S/C11H14BrFN2O2/c12-8-3-11(10(14)4-9(8)13)15-1-2-17-6-7(15)5-16/h3-4,7,16H,1-2,5-6,14H2. The first-order chi connectivity index (χ1) is 8.13. The Morgan fingerprint density at radius 2 is 2.35 bits per heavy atom. The molecule has 1 aliphatic heterocycles. The van der Waals surface area contributed by atoms with Crippen molar-refractivity contribution in [3.8, 4) is 0 Å². The van der Waals surface area contributed by atoms with E-state index in [1.54, 1.807) is 6.07 Å². The number of rotatable bonds is 2. The van der Waals surface area contributed by atoms with E-state index in [4.69, 9.17) is 10.5 Å². The molecule has 0 amide bonds. The quantitative estimate of drug-likeness (QED) is 0.810. The Hall–Kier alpha value is -0.850. The van der Waals surface area contributed by atoms with Crippen molar-refractivity contribution in [2.45, 2.75) is 6.04 Å². The number of nitrogen functional groups attached to an aromatic ring is 1. The molecule has 4 nitrogen and oxygen atoms in total. The lowest BCUT2D eigenvalue weighted by molar-refractivity contribution is 0.0728. The van der Waals surface area contributed by atoms with Crippen LogP contribution < -0.4 is 10.6 Å². The second-order valence-electron chi connectivity index (χ2n) is 3.93. The van der Waals surface area contributed by atoms with Crippen molar-refractivity contribution in [1.29, 1.82) is 0 Å². The number of hydrogen-bond acceptors (Lipinski definition) is 4. The zero-order chi connectivity index (χ0) is 12.4. The molecule has 1 unspecified atom stereocenters. The summed E-state index contributed by atoms with van der Waals surface area (Å²) >= 11 is 3.14. The third-order valence-corrected chi connectivity index (χ3v) is 3.43. The number of ether oxygens (including phenoxy) is 1. The molecule has 3 N–H and O–H groups in total. The van der Waals surface area contributed by atoms with Gasteiger partial charge in [0.25, 0.3) is 0 Å². The first kappa shape index (κ1) is 12.6. The van der Waals surface area contributed by atoms with Crippen molar-refractivity contribution in [3.05, 3.63) is 22.4 Å². The van der Waals surface area contributed by atoms with Gasteiger partial charge in [0, 0.05) is 12.6 Å². The van der Waals surface area contributed by atoms with Crippen LogP contribution in [0.3, 0.4) is 0 Å². The number of anilines is 2. The number of halogens is 2. The average molecular weight is 305 g/mol. The van der Waals surface area contributed by atoms with Crippen molar-refractivity contribution in [1.82, 2.24) is 0 Å². The zero-order valence-electron chi connectivity index (χ0n) is 9.20. The monoisotopic (exact) mass is 304 g/mol. The maximum absolute atomic E-state index is 13.3. The SMILES string of the molecule is Nc1cc(F)c(Br)cc1N1CCOCC1CO. The van der Waals surface area contributed by atoms with Gasteiger partial charge in [0.2, 0.25) is 0 Å². The summed E-state index contributed by atoms with van der Waals surface area (Å²) < 4.78 is 18.9. The molecule has 0 aliphatic carbocycles. The first-order valence-electron chi connectivity index (χ1n) is 5.33. The Morgan fingerprint density at radius 1 is 1.59 bits per heavy atom. The van der Waals surface area contributed by atoms with Gasteiger partial charge in [-0.3, -0.25) is 0 Å². The molecule has 94 valence electrons. The average Bonchev–Trinajstić information content (AvgIpc) is 2.34. The molecule has 2 rings (SSSR count). The minimum absolute atomic E-state index is 0.0194. The van der Waals surface area contributed by atoms with Gasteiger partial charge in [-0.2, -0.15) is 0 Å². The van der Waals surface area contributed by atoms with Crippen LogP contribution in [0.2, 0.25) is 0 Å². The molecule has 6 heteroatoms. The molecular formula is C11H14BrFN2O2. The Kier molecular flexibility index (Phi) is 3.86. The third kappa shape index (κ3) is 2.53. The molecular weight excluding hydrogens is 291 g/mol. The number of nitrogens with two attached hydrogens (primary N) is 1. The Bertz CT molecular complexity index is 417. The summed E-state index contributed by atoms with van der Waals surface area (Å²) in [5, 5.41) is 9.29. The molecule has 0 radical (unpaired) electrons. The smallest absolute Gasteiger partial charge is 0.139 e. The number of aliphatic hydroxyl groups is 1. The highest BCUT2D eigenvalue weighted by atomic mass is 79.9. The van der Waals surface area contributed by atoms with Gasteiger partial charge in [-0.15, -0.1) is 0 Å². The molecule has 1 aromatic carbocycles. The Morgan fingerprint density at radius 3 is 3.06 bits per heavy atom. The molecule has 0 bridgehead atoms. The molecule has 1 heterocycles. The third-order valence-electron chi connectivity index (χ3n) is 2.82. The van der Waals surface area contributed by atoms with Gasteiger partial charge >= 0.3 is 0 Å². The predicted molar refractivity (Wildman–Crippen MR) is 67.6 cm³/mol. The van der Waals surface area contributed by atoms with Crippen molar-refractivity contribution in [3.63, 3.8) is 0 Å². The van der Waals surface area contributed by atoms with Crippen molar-refractivity contribution in [2.75, 3.05) is 37.0 Å². The number of hydrogen-bond donors (Lipinski definition) is 2. The van der Waals surface area contributed by atoms with Crippen LogP contribution in [0.25, 0.3) is 0 Å². The van der Waals surface area contributed by atoms with Gasteiger partial charge in [-0.25, -0.2) is 4.39 Å². The molecule has 1 aliphatic rings. The van der Waals surface area contributed by atoms with E-state index in [2.05, 4.69) is 15.9 Å². The number of benzene rings is 1. The van der Waals surface area contributed by atoms with Crippen molar-refractivity contribution >= 4 is 27.3 Å². The molecule has 0 spiro atoms. The van der Waals surface area contributed by atoms with E-state index in [9.17, 15) is 9.50 Å². The van der Waals surface area contributed by atoms with E-state index in [-0.39, 0.29) is 18.5 Å². The maximum Gasteiger partial charge on any atom is 0.139 e. The van der Waals surface area contributed by atoms with Gasteiger partial charge < -0.3 is 20.5 Å². The van der Waals surface area contributed by atoms with Crippen molar-refractivity contribution in [2.24, 2.45) is 0 Å².